The van der Waals surface area contributed by atoms with Gasteiger partial charge in [-0.05, 0) is 57.2 Å². The van der Waals surface area contributed by atoms with E-state index in [1.54, 1.807) is 17.0 Å². The van der Waals surface area contributed by atoms with Gasteiger partial charge in [0.05, 0.1) is 0 Å². The Balaban J connectivity index is 1.98. The Kier molecular flexibility index (Phi) is 5.06. The highest BCUT2D eigenvalue weighted by Gasteiger charge is 2.31. The largest absolute Gasteiger partial charge is 0.444 e. The smallest absolute Gasteiger partial charge is 0.410 e. The van der Waals surface area contributed by atoms with Crippen LogP contribution in [-0.2, 0) is 11.2 Å². The van der Waals surface area contributed by atoms with E-state index in [9.17, 15) is 9.18 Å². The molecule has 1 aliphatic rings. The zero-order chi connectivity index (χ0) is 16.3. The average Bonchev–Trinajstić information content (AvgIpc) is 2.39. The molecular weight excluding hydrogens is 283 g/mol. The zero-order valence-corrected chi connectivity index (χ0v) is 13.5. The lowest BCUT2D eigenvalue weighted by molar-refractivity contribution is 0.0145. The number of halogens is 1. The maximum absolute atomic E-state index is 13.0. The van der Waals surface area contributed by atoms with Crippen molar-refractivity contribution in [3.05, 3.63) is 35.6 Å². The van der Waals surface area contributed by atoms with Crippen molar-refractivity contribution < 1.29 is 13.9 Å². The van der Waals surface area contributed by atoms with Gasteiger partial charge in [0.2, 0.25) is 0 Å². The van der Waals surface area contributed by atoms with E-state index in [4.69, 9.17) is 10.5 Å². The first kappa shape index (κ1) is 16.7. The van der Waals surface area contributed by atoms with Gasteiger partial charge in [0.15, 0.2) is 0 Å². The third kappa shape index (κ3) is 4.98. The molecule has 1 amide bonds. The fraction of sp³-hybridized carbons (Fsp3) is 0.588. The Bertz CT molecular complexity index is 510. The molecule has 2 atom stereocenters. The van der Waals surface area contributed by atoms with Crippen molar-refractivity contribution in [2.75, 3.05) is 13.1 Å². The molecule has 0 saturated carbocycles. The summed E-state index contributed by atoms with van der Waals surface area (Å²) in [6.45, 7) is 6.70. The fourth-order valence-corrected chi connectivity index (χ4v) is 2.82. The SMILES string of the molecule is CC(C)(C)OC(=O)N1CC(N)CC(Cc2ccc(F)cc2)C1. The third-order valence-electron chi connectivity index (χ3n) is 3.66. The van der Waals surface area contributed by atoms with Gasteiger partial charge in [0.25, 0.3) is 0 Å². The first-order chi connectivity index (χ1) is 10.2. The van der Waals surface area contributed by atoms with E-state index < -0.39 is 5.60 Å². The molecule has 2 unspecified atom stereocenters. The van der Waals surface area contributed by atoms with Crippen molar-refractivity contribution in [2.24, 2.45) is 11.7 Å². The summed E-state index contributed by atoms with van der Waals surface area (Å²) in [7, 11) is 0. The van der Waals surface area contributed by atoms with Crippen LogP contribution in [0.3, 0.4) is 0 Å². The van der Waals surface area contributed by atoms with E-state index in [1.807, 2.05) is 20.8 Å². The number of amides is 1. The number of rotatable bonds is 2. The summed E-state index contributed by atoms with van der Waals surface area (Å²) in [6.07, 6.45) is 1.33. The number of likely N-dealkylation sites (tertiary alicyclic amines) is 1. The summed E-state index contributed by atoms with van der Waals surface area (Å²) in [5.74, 6) is 0.0289. The number of nitrogens with zero attached hydrogens (tertiary/aromatic N) is 1. The zero-order valence-electron chi connectivity index (χ0n) is 13.5. The van der Waals surface area contributed by atoms with E-state index in [0.29, 0.717) is 13.1 Å². The number of nitrogens with two attached hydrogens (primary N) is 1. The van der Waals surface area contributed by atoms with Crippen LogP contribution in [0.1, 0.15) is 32.8 Å². The lowest BCUT2D eigenvalue weighted by Gasteiger charge is -2.37. The number of piperidine rings is 1. The van der Waals surface area contributed by atoms with Gasteiger partial charge in [0.1, 0.15) is 11.4 Å². The number of ether oxygens (including phenoxy) is 1. The molecular formula is C17H25FN2O2. The lowest BCUT2D eigenvalue weighted by Crippen LogP contribution is -2.51. The van der Waals surface area contributed by atoms with Crippen molar-refractivity contribution in [1.82, 2.24) is 4.90 Å². The van der Waals surface area contributed by atoms with Crippen molar-refractivity contribution in [3.63, 3.8) is 0 Å². The highest BCUT2D eigenvalue weighted by Crippen LogP contribution is 2.22. The number of benzene rings is 1. The molecule has 22 heavy (non-hydrogen) atoms. The van der Waals surface area contributed by atoms with Gasteiger partial charge >= 0.3 is 6.09 Å². The van der Waals surface area contributed by atoms with Crippen LogP contribution in [0.4, 0.5) is 9.18 Å². The van der Waals surface area contributed by atoms with Crippen LogP contribution in [0.25, 0.3) is 0 Å². The Morgan fingerprint density at radius 1 is 1.32 bits per heavy atom. The molecule has 1 saturated heterocycles. The number of carbonyl (C=O) groups is 1. The van der Waals surface area contributed by atoms with E-state index in [2.05, 4.69) is 0 Å². The second kappa shape index (κ2) is 6.65. The van der Waals surface area contributed by atoms with Gasteiger partial charge < -0.3 is 15.4 Å². The predicted molar refractivity (Wildman–Crippen MR) is 84.0 cm³/mol. The second-order valence-electron chi connectivity index (χ2n) is 7.08. The molecule has 0 bridgehead atoms. The molecule has 0 radical (unpaired) electrons. The summed E-state index contributed by atoms with van der Waals surface area (Å²) in [6, 6.07) is 6.44. The van der Waals surface area contributed by atoms with Crippen molar-refractivity contribution in [2.45, 2.75) is 45.3 Å². The number of hydrogen-bond acceptors (Lipinski definition) is 3. The first-order valence-electron chi connectivity index (χ1n) is 7.71. The molecule has 1 heterocycles. The van der Waals surface area contributed by atoms with Crippen molar-refractivity contribution >= 4 is 6.09 Å². The summed E-state index contributed by atoms with van der Waals surface area (Å²) in [4.78, 5) is 13.9. The molecule has 5 heteroatoms. The summed E-state index contributed by atoms with van der Waals surface area (Å²) >= 11 is 0. The molecule has 0 aromatic heterocycles. The third-order valence-corrected chi connectivity index (χ3v) is 3.66. The van der Waals surface area contributed by atoms with Gasteiger partial charge in [-0.25, -0.2) is 9.18 Å². The van der Waals surface area contributed by atoms with Crippen LogP contribution in [0.15, 0.2) is 24.3 Å². The maximum atomic E-state index is 13.0. The second-order valence-corrected chi connectivity index (χ2v) is 7.08. The summed E-state index contributed by atoms with van der Waals surface area (Å²) in [5.41, 5.74) is 6.64. The van der Waals surface area contributed by atoms with Gasteiger partial charge in [-0.1, -0.05) is 12.1 Å². The molecule has 1 aromatic carbocycles. The Hall–Kier alpha value is -1.62. The van der Waals surface area contributed by atoms with E-state index in [1.165, 1.54) is 12.1 Å². The van der Waals surface area contributed by atoms with E-state index in [-0.39, 0.29) is 23.9 Å². The minimum atomic E-state index is -0.509. The van der Waals surface area contributed by atoms with Crippen LogP contribution in [0.5, 0.6) is 0 Å². The highest BCUT2D eigenvalue weighted by molar-refractivity contribution is 5.68. The van der Waals surface area contributed by atoms with Crippen LogP contribution < -0.4 is 5.73 Å². The van der Waals surface area contributed by atoms with Crippen molar-refractivity contribution in [1.29, 1.82) is 0 Å². The standard InChI is InChI=1S/C17H25FN2O2/c1-17(2,3)22-16(21)20-10-13(9-15(19)11-20)8-12-4-6-14(18)7-5-12/h4-7,13,15H,8-11,19H2,1-3H3. The van der Waals surface area contributed by atoms with Gasteiger partial charge in [-0.2, -0.15) is 0 Å². The molecule has 1 aromatic rings. The lowest BCUT2D eigenvalue weighted by atomic mass is 9.89. The quantitative estimate of drug-likeness (QED) is 0.914. The topological polar surface area (TPSA) is 55.6 Å². The minimum Gasteiger partial charge on any atom is -0.444 e. The fourth-order valence-electron chi connectivity index (χ4n) is 2.82. The average molecular weight is 308 g/mol. The van der Waals surface area contributed by atoms with Crippen LogP contribution in [0.2, 0.25) is 0 Å². The van der Waals surface area contributed by atoms with Crippen LogP contribution in [0, 0.1) is 11.7 Å². The van der Waals surface area contributed by atoms with Gasteiger partial charge in [0, 0.05) is 19.1 Å². The maximum Gasteiger partial charge on any atom is 0.410 e. The molecule has 0 spiro atoms. The molecule has 0 aliphatic carbocycles. The van der Waals surface area contributed by atoms with Gasteiger partial charge in [-0.15, -0.1) is 0 Å². The minimum absolute atomic E-state index is 0.0493. The number of hydrogen-bond donors (Lipinski definition) is 1. The van der Waals surface area contributed by atoms with Gasteiger partial charge in [-0.3, -0.25) is 0 Å². The molecule has 1 fully saturated rings. The normalized spacial score (nSPS) is 22.5. The Morgan fingerprint density at radius 3 is 2.55 bits per heavy atom. The molecule has 1 aliphatic heterocycles. The Labute approximate surface area is 131 Å². The monoisotopic (exact) mass is 308 g/mol. The van der Waals surface area contributed by atoms with Crippen LogP contribution in [-0.4, -0.2) is 35.7 Å². The summed E-state index contributed by atoms with van der Waals surface area (Å²) < 4.78 is 18.4. The van der Waals surface area contributed by atoms with Crippen molar-refractivity contribution in [3.8, 4) is 0 Å². The van der Waals surface area contributed by atoms with E-state index in [0.717, 1.165) is 18.4 Å². The molecule has 2 N–H and O–H groups in total. The molecule has 2 rings (SSSR count). The Morgan fingerprint density at radius 2 is 1.95 bits per heavy atom. The summed E-state index contributed by atoms with van der Waals surface area (Å²) in [5, 5.41) is 0. The van der Waals surface area contributed by atoms with Crippen LogP contribution >= 0.6 is 0 Å². The molecule has 122 valence electrons. The number of carbonyl (C=O) groups excluding carboxylic acids is 1. The predicted octanol–water partition coefficient (Wildman–Crippen LogP) is 2.95. The molecule has 4 nitrogen and oxygen atoms in total. The van der Waals surface area contributed by atoms with E-state index >= 15 is 0 Å². The highest BCUT2D eigenvalue weighted by atomic mass is 19.1. The first-order valence-corrected chi connectivity index (χ1v) is 7.71.